The van der Waals surface area contributed by atoms with Gasteiger partial charge >= 0.3 is 6.03 Å². The number of fused-ring (bicyclic) bond motifs is 1. The van der Waals surface area contributed by atoms with Gasteiger partial charge in [-0.1, -0.05) is 12.1 Å². The molecular formula is C26H32F2N8O. The summed E-state index contributed by atoms with van der Waals surface area (Å²) in [7, 11) is 3.51. The molecule has 5 rings (SSSR count). The number of hydrogen-bond donors (Lipinski definition) is 2. The molecule has 2 saturated heterocycles. The first-order valence-corrected chi connectivity index (χ1v) is 12.5. The second-order valence-corrected chi connectivity index (χ2v) is 9.90. The van der Waals surface area contributed by atoms with Crippen molar-refractivity contribution in [2.75, 3.05) is 74.2 Å². The van der Waals surface area contributed by atoms with Crippen molar-refractivity contribution in [1.82, 2.24) is 19.8 Å². The Balaban J connectivity index is 1.37. The molecule has 2 fully saturated rings. The smallest absolute Gasteiger partial charge is 0.319 e. The summed E-state index contributed by atoms with van der Waals surface area (Å²) in [4.78, 5) is 29.3. The van der Waals surface area contributed by atoms with Crippen LogP contribution in [0.5, 0.6) is 0 Å². The van der Waals surface area contributed by atoms with E-state index in [9.17, 15) is 13.6 Å². The average molecular weight is 511 g/mol. The van der Waals surface area contributed by atoms with Gasteiger partial charge in [0.05, 0.1) is 5.52 Å². The Morgan fingerprint density at radius 3 is 2.41 bits per heavy atom. The van der Waals surface area contributed by atoms with Gasteiger partial charge in [-0.05, 0) is 37.1 Å². The molecule has 2 aliphatic heterocycles. The monoisotopic (exact) mass is 510 g/mol. The minimum Gasteiger partial charge on any atom is -0.399 e. The number of carbonyl (C=O) groups is 1. The fourth-order valence-electron chi connectivity index (χ4n) is 5.08. The van der Waals surface area contributed by atoms with E-state index in [0.717, 1.165) is 40.8 Å². The van der Waals surface area contributed by atoms with E-state index in [-0.39, 0.29) is 23.4 Å². The molecule has 0 bridgehead atoms. The lowest BCUT2D eigenvalue weighted by Crippen LogP contribution is -2.47. The van der Waals surface area contributed by atoms with Gasteiger partial charge in [0.25, 0.3) is 0 Å². The summed E-state index contributed by atoms with van der Waals surface area (Å²) in [6.07, 6.45) is 0.823. The predicted molar refractivity (Wildman–Crippen MR) is 142 cm³/mol. The first kappa shape index (κ1) is 24.8. The van der Waals surface area contributed by atoms with Gasteiger partial charge in [-0.3, -0.25) is 0 Å². The van der Waals surface area contributed by atoms with Crippen LogP contribution < -0.4 is 20.9 Å². The zero-order chi connectivity index (χ0) is 26.3. The molecule has 3 heterocycles. The summed E-state index contributed by atoms with van der Waals surface area (Å²) in [6.45, 7) is 5.15. The number of rotatable bonds is 4. The highest BCUT2D eigenvalue weighted by Crippen LogP contribution is 2.30. The lowest BCUT2D eigenvalue weighted by molar-refractivity contribution is 0.181. The van der Waals surface area contributed by atoms with Gasteiger partial charge in [-0.15, -0.1) is 0 Å². The van der Waals surface area contributed by atoms with Crippen molar-refractivity contribution in [2.24, 2.45) is 0 Å². The predicted octanol–water partition coefficient (Wildman–Crippen LogP) is 3.29. The number of piperazine rings is 1. The average Bonchev–Trinajstić information content (AvgIpc) is 3.32. The highest BCUT2D eigenvalue weighted by atomic mass is 19.1. The number of nitrogens with one attached hydrogen (secondary N) is 1. The van der Waals surface area contributed by atoms with E-state index >= 15 is 0 Å². The number of hydrogen-bond acceptors (Lipinski definition) is 7. The molecule has 196 valence electrons. The van der Waals surface area contributed by atoms with Crippen LogP contribution in [0.3, 0.4) is 0 Å². The number of likely N-dealkylation sites (tertiary alicyclic amines) is 1. The Hall–Kier alpha value is -3.89. The molecule has 11 heteroatoms. The summed E-state index contributed by atoms with van der Waals surface area (Å²) in [5.74, 6) is -0.0194. The molecular weight excluding hydrogens is 478 g/mol. The Morgan fingerprint density at radius 1 is 1.05 bits per heavy atom. The van der Waals surface area contributed by atoms with Crippen LogP contribution in [-0.4, -0.2) is 85.2 Å². The van der Waals surface area contributed by atoms with Gasteiger partial charge in [-0.2, -0.15) is 4.98 Å². The van der Waals surface area contributed by atoms with Crippen LogP contribution in [0.2, 0.25) is 0 Å². The first-order valence-electron chi connectivity index (χ1n) is 12.5. The van der Waals surface area contributed by atoms with Crippen LogP contribution in [0.15, 0.2) is 30.3 Å². The minimum absolute atomic E-state index is 0.000209. The zero-order valence-electron chi connectivity index (χ0n) is 21.3. The number of para-hydroxylation sites is 1. The van der Waals surface area contributed by atoms with E-state index in [1.165, 1.54) is 0 Å². The number of carbonyl (C=O) groups excluding carboxylic acids is 1. The number of amides is 2. The third-order valence-corrected chi connectivity index (χ3v) is 7.02. The molecule has 0 unspecified atom stereocenters. The number of nitrogens with zero attached hydrogens (tertiary/aromatic N) is 6. The summed E-state index contributed by atoms with van der Waals surface area (Å²) in [5.41, 5.74) is 7.47. The topological polar surface area (TPSA) is 93.9 Å². The molecule has 2 aliphatic rings. The molecule has 1 atom stereocenters. The molecule has 2 amide bonds. The van der Waals surface area contributed by atoms with Crippen LogP contribution >= 0.6 is 0 Å². The van der Waals surface area contributed by atoms with Crippen molar-refractivity contribution in [3.63, 3.8) is 0 Å². The maximum Gasteiger partial charge on any atom is 0.319 e. The van der Waals surface area contributed by atoms with Crippen LogP contribution in [0, 0.1) is 18.6 Å². The molecule has 3 aromatic rings. The summed E-state index contributed by atoms with van der Waals surface area (Å²) < 4.78 is 28.9. The molecule has 3 N–H and O–H groups in total. The van der Waals surface area contributed by atoms with Crippen molar-refractivity contribution in [3.8, 4) is 0 Å². The maximum atomic E-state index is 14.5. The highest BCUT2D eigenvalue weighted by Gasteiger charge is 2.29. The van der Waals surface area contributed by atoms with Gasteiger partial charge < -0.3 is 30.7 Å². The third-order valence-electron chi connectivity index (χ3n) is 7.02. The Kier molecular flexibility index (Phi) is 6.61. The van der Waals surface area contributed by atoms with Crippen molar-refractivity contribution >= 4 is 40.1 Å². The van der Waals surface area contributed by atoms with Gasteiger partial charge in [0, 0.05) is 70.5 Å². The number of aryl methyl sites for hydroxylation is 1. The summed E-state index contributed by atoms with van der Waals surface area (Å²) >= 11 is 0. The third kappa shape index (κ3) is 4.90. The van der Waals surface area contributed by atoms with Crippen LogP contribution in [0.4, 0.5) is 36.7 Å². The number of halogens is 2. The lowest BCUT2D eigenvalue weighted by Gasteiger charge is -2.36. The number of urea groups is 1. The van der Waals surface area contributed by atoms with Gasteiger partial charge in [0.2, 0.25) is 5.95 Å². The van der Waals surface area contributed by atoms with Gasteiger partial charge in [-0.25, -0.2) is 18.6 Å². The van der Waals surface area contributed by atoms with E-state index < -0.39 is 11.6 Å². The molecule has 1 aromatic heterocycles. The van der Waals surface area contributed by atoms with Gasteiger partial charge in [0.1, 0.15) is 11.5 Å². The number of benzene rings is 2. The largest absolute Gasteiger partial charge is 0.399 e. The highest BCUT2D eigenvalue weighted by molar-refractivity contribution is 5.92. The number of nitrogens with two attached hydrogens (primary N) is 1. The Bertz CT molecular complexity index is 1300. The quantitative estimate of drug-likeness (QED) is 0.520. The summed E-state index contributed by atoms with van der Waals surface area (Å²) in [6, 6.07) is 8.36. The van der Waals surface area contributed by atoms with Crippen LogP contribution in [0.1, 0.15) is 12.0 Å². The van der Waals surface area contributed by atoms with E-state index in [2.05, 4.69) is 5.32 Å². The second kappa shape index (κ2) is 9.87. The Morgan fingerprint density at radius 2 is 1.73 bits per heavy atom. The molecule has 0 spiro atoms. The number of aromatic nitrogens is 2. The fourth-order valence-corrected chi connectivity index (χ4v) is 5.08. The number of nitrogen functional groups attached to an aromatic ring is 1. The SMILES string of the molecule is Cc1cccc2c(N[C@@H]3CCN(C(=O)N(C)C)C3)nc(N3CCN(c4c(F)cc(N)cc4F)CC3)nc12. The van der Waals surface area contributed by atoms with Crippen molar-refractivity contribution < 1.29 is 13.6 Å². The molecule has 0 radical (unpaired) electrons. The standard InChI is InChI=1S/C26H32F2N8O/c1-16-5-4-6-19-22(16)31-25(32-24(19)30-18-7-8-36(15-18)26(37)33(2)3)35-11-9-34(10-12-35)23-20(27)13-17(29)14-21(23)28/h4-6,13-14,18H,7-12,15,29H2,1-3H3,(H,30,31,32)/t18-/m1/s1. The van der Waals surface area contributed by atoms with Crippen molar-refractivity contribution in [1.29, 1.82) is 0 Å². The molecule has 0 saturated carbocycles. The normalized spacial score (nSPS) is 18.0. The van der Waals surface area contributed by atoms with Gasteiger partial charge in [0.15, 0.2) is 11.6 Å². The number of anilines is 4. The van der Waals surface area contributed by atoms with E-state index in [4.69, 9.17) is 15.7 Å². The summed E-state index contributed by atoms with van der Waals surface area (Å²) in [5, 5.41) is 4.48. The van der Waals surface area contributed by atoms with Crippen LogP contribution in [0.25, 0.3) is 10.9 Å². The van der Waals surface area contributed by atoms with Crippen molar-refractivity contribution in [3.05, 3.63) is 47.5 Å². The van der Waals surface area contributed by atoms with Crippen molar-refractivity contribution in [2.45, 2.75) is 19.4 Å². The molecule has 0 aliphatic carbocycles. The second-order valence-electron chi connectivity index (χ2n) is 9.90. The fraction of sp³-hybridized carbons (Fsp3) is 0.423. The Labute approximate surface area is 214 Å². The molecule has 9 nitrogen and oxygen atoms in total. The maximum absolute atomic E-state index is 14.5. The van der Waals surface area contributed by atoms with E-state index in [1.54, 1.807) is 23.9 Å². The molecule has 37 heavy (non-hydrogen) atoms. The van der Waals surface area contributed by atoms with E-state index in [0.29, 0.717) is 45.2 Å². The lowest BCUT2D eigenvalue weighted by atomic mass is 10.1. The molecule has 2 aromatic carbocycles. The first-order chi connectivity index (χ1) is 17.7. The van der Waals surface area contributed by atoms with E-state index in [1.807, 2.05) is 34.9 Å². The van der Waals surface area contributed by atoms with Crippen LogP contribution in [-0.2, 0) is 0 Å². The zero-order valence-corrected chi connectivity index (χ0v) is 21.3. The minimum atomic E-state index is -0.659.